The molecule has 0 aliphatic carbocycles. The third-order valence-electron chi connectivity index (χ3n) is 3.33. The van der Waals surface area contributed by atoms with E-state index in [0.29, 0.717) is 4.79 Å². The van der Waals surface area contributed by atoms with Crippen LogP contribution in [0, 0.1) is 0 Å². The number of hydrogen-bond donors (Lipinski definition) is 2. The Hall–Kier alpha value is -3.14. The number of nitrogens with two attached hydrogens (primary N) is 1. The first-order valence-electron chi connectivity index (χ1n) is 6.89. The van der Waals surface area contributed by atoms with Gasteiger partial charge in [0.1, 0.15) is 5.69 Å². The average Bonchev–Trinajstić information content (AvgIpc) is 2.92. The van der Waals surface area contributed by atoms with Gasteiger partial charge in [-0.05, 0) is 30.3 Å². The number of amides is 2. The lowest BCUT2D eigenvalue weighted by atomic mass is 10.1. The van der Waals surface area contributed by atoms with Gasteiger partial charge in [0, 0.05) is 17.1 Å². The molecule has 3 aromatic rings. The highest BCUT2D eigenvalue weighted by Gasteiger charge is 2.38. The number of carbonyl (C=O) groups is 2. The predicted octanol–water partition coefficient (Wildman–Crippen LogP) is 2.35. The van der Waals surface area contributed by atoms with Crippen molar-refractivity contribution in [3.8, 4) is 0 Å². The van der Waals surface area contributed by atoms with E-state index in [-0.39, 0.29) is 34.6 Å². The van der Waals surface area contributed by atoms with Crippen molar-refractivity contribution in [2.45, 2.75) is 6.18 Å². The number of carbonyl (C=O) groups excluding carboxylic acids is 2. The number of primary amides is 1. The molecule has 0 fully saturated rings. The molecule has 3 rings (SSSR count). The Kier molecular flexibility index (Phi) is 5.17. The van der Waals surface area contributed by atoms with E-state index in [1.807, 2.05) is 5.43 Å². The van der Waals surface area contributed by atoms with Gasteiger partial charge in [0.05, 0.1) is 5.52 Å². The molecule has 0 saturated carbocycles. The zero-order valence-electron chi connectivity index (χ0n) is 12.8. The molecule has 0 aliphatic heterocycles. The van der Waals surface area contributed by atoms with Crippen molar-refractivity contribution in [1.29, 1.82) is 0 Å². The van der Waals surface area contributed by atoms with E-state index < -0.39 is 23.7 Å². The fraction of sp³-hybridized carbons (Fsp3) is 0.0667. The summed E-state index contributed by atoms with van der Waals surface area (Å²) in [6.45, 7) is 0. The van der Waals surface area contributed by atoms with Crippen LogP contribution >= 0.6 is 12.4 Å². The van der Waals surface area contributed by atoms with E-state index in [4.69, 9.17) is 5.73 Å². The molecule has 0 radical (unpaired) electrons. The highest BCUT2D eigenvalue weighted by atomic mass is 35.5. The smallest absolute Gasteiger partial charge is 0.366 e. The Morgan fingerprint density at radius 1 is 1.15 bits per heavy atom. The molecule has 0 spiro atoms. The van der Waals surface area contributed by atoms with Crippen LogP contribution in [0.4, 0.5) is 13.2 Å². The predicted molar refractivity (Wildman–Crippen MR) is 88.4 cm³/mol. The van der Waals surface area contributed by atoms with Gasteiger partial charge in [-0.15, -0.1) is 12.4 Å². The maximum absolute atomic E-state index is 13.4. The number of aromatic nitrogens is 3. The van der Waals surface area contributed by atoms with Crippen molar-refractivity contribution in [3.05, 3.63) is 59.5 Å². The first-order valence-corrected chi connectivity index (χ1v) is 6.89. The van der Waals surface area contributed by atoms with Crippen molar-refractivity contribution in [1.82, 2.24) is 14.9 Å². The molecule has 0 aliphatic rings. The molecule has 2 heterocycles. The minimum atomic E-state index is -4.79. The second-order valence-corrected chi connectivity index (χ2v) is 5.01. The summed E-state index contributed by atoms with van der Waals surface area (Å²) in [6.07, 6.45) is -3.46. The van der Waals surface area contributed by atoms with E-state index in [1.165, 1.54) is 18.3 Å². The SMILES string of the molecule is Cl.NC(=O)c1ccc2c(C(F)(F)F)n(NC(=O)c3ccccn3)nc2c1. The lowest BCUT2D eigenvalue weighted by Crippen LogP contribution is -2.29. The van der Waals surface area contributed by atoms with Crippen LogP contribution in [-0.2, 0) is 6.18 Å². The molecule has 2 amide bonds. The van der Waals surface area contributed by atoms with Crippen molar-refractivity contribution in [2.75, 3.05) is 5.43 Å². The van der Waals surface area contributed by atoms with Crippen LogP contribution in [-0.4, -0.2) is 26.7 Å². The molecule has 0 unspecified atom stereocenters. The second kappa shape index (κ2) is 7.00. The van der Waals surface area contributed by atoms with E-state index in [9.17, 15) is 22.8 Å². The van der Waals surface area contributed by atoms with Crippen LogP contribution in [0.25, 0.3) is 10.9 Å². The highest BCUT2D eigenvalue weighted by molar-refractivity contribution is 5.99. The van der Waals surface area contributed by atoms with Gasteiger partial charge in [0.25, 0.3) is 5.91 Å². The number of hydrogen-bond acceptors (Lipinski definition) is 4. The summed E-state index contributed by atoms with van der Waals surface area (Å²) >= 11 is 0. The Bertz CT molecular complexity index is 973. The van der Waals surface area contributed by atoms with Gasteiger partial charge in [-0.25, -0.2) is 5.43 Å². The topological polar surface area (TPSA) is 103 Å². The fourth-order valence-electron chi connectivity index (χ4n) is 2.24. The van der Waals surface area contributed by atoms with Crippen molar-refractivity contribution < 1.29 is 22.8 Å². The van der Waals surface area contributed by atoms with Crippen molar-refractivity contribution in [2.24, 2.45) is 5.73 Å². The Balaban J connectivity index is 0.00000243. The number of nitrogens with zero attached hydrogens (tertiary/aromatic N) is 3. The Morgan fingerprint density at radius 3 is 2.46 bits per heavy atom. The zero-order valence-corrected chi connectivity index (χ0v) is 13.6. The number of pyridine rings is 1. The molecule has 11 heteroatoms. The number of benzene rings is 1. The number of halogens is 4. The largest absolute Gasteiger partial charge is 0.435 e. The summed E-state index contributed by atoms with van der Waals surface area (Å²) in [6, 6.07) is 7.78. The van der Waals surface area contributed by atoms with Crippen LogP contribution in [0.5, 0.6) is 0 Å². The third kappa shape index (κ3) is 3.59. The van der Waals surface area contributed by atoms with Crippen LogP contribution in [0.2, 0.25) is 0 Å². The van der Waals surface area contributed by atoms with Crippen LogP contribution in [0.15, 0.2) is 42.6 Å². The molecule has 1 aromatic carbocycles. The van der Waals surface area contributed by atoms with Gasteiger partial charge in [0.2, 0.25) is 5.91 Å². The first-order chi connectivity index (χ1) is 11.8. The second-order valence-electron chi connectivity index (χ2n) is 5.01. The van der Waals surface area contributed by atoms with Crippen LogP contribution in [0.3, 0.4) is 0 Å². The monoisotopic (exact) mass is 385 g/mol. The summed E-state index contributed by atoms with van der Waals surface area (Å²) in [7, 11) is 0. The normalized spacial score (nSPS) is 11.0. The summed E-state index contributed by atoms with van der Waals surface area (Å²) in [5, 5.41) is 3.44. The van der Waals surface area contributed by atoms with E-state index in [2.05, 4.69) is 10.1 Å². The summed E-state index contributed by atoms with van der Waals surface area (Å²) in [5.41, 5.74) is 5.77. The number of fused-ring (bicyclic) bond motifs is 1. The standard InChI is InChI=1S/C15H10F3N5O2.ClH/c16-15(17,18)12-9-5-4-8(13(19)24)7-11(9)21-23(12)22-14(25)10-3-1-2-6-20-10;/h1-7H,(H2,19,24)(H,22,25);1H. The van der Waals surface area contributed by atoms with Gasteiger partial charge < -0.3 is 5.73 Å². The van der Waals surface area contributed by atoms with E-state index in [0.717, 1.165) is 18.2 Å². The molecule has 7 nitrogen and oxygen atoms in total. The lowest BCUT2D eigenvalue weighted by molar-refractivity contribution is -0.142. The van der Waals surface area contributed by atoms with E-state index >= 15 is 0 Å². The minimum absolute atomic E-state index is 0. The van der Waals surface area contributed by atoms with Gasteiger partial charge in [0.15, 0.2) is 5.69 Å². The first kappa shape index (κ1) is 19.2. The summed E-state index contributed by atoms with van der Waals surface area (Å²) in [4.78, 5) is 27.3. The molecule has 0 atom stereocenters. The molecule has 26 heavy (non-hydrogen) atoms. The minimum Gasteiger partial charge on any atom is -0.366 e. The van der Waals surface area contributed by atoms with Gasteiger partial charge in [-0.3, -0.25) is 14.6 Å². The third-order valence-corrected chi connectivity index (χ3v) is 3.33. The number of nitrogens with one attached hydrogen (secondary N) is 1. The van der Waals surface area contributed by atoms with Crippen molar-refractivity contribution >= 4 is 35.1 Å². The zero-order chi connectivity index (χ0) is 18.2. The van der Waals surface area contributed by atoms with Crippen molar-refractivity contribution in [3.63, 3.8) is 0 Å². The summed E-state index contributed by atoms with van der Waals surface area (Å²) < 4.78 is 40.2. The fourth-order valence-corrected chi connectivity index (χ4v) is 2.24. The molecule has 2 aromatic heterocycles. The molecule has 0 bridgehead atoms. The molecular weight excluding hydrogens is 375 g/mol. The Morgan fingerprint density at radius 2 is 1.88 bits per heavy atom. The maximum atomic E-state index is 13.4. The molecule has 3 N–H and O–H groups in total. The molecule has 0 saturated heterocycles. The summed E-state index contributed by atoms with van der Waals surface area (Å²) in [5.74, 6) is -1.67. The number of rotatable bonds is 3. The van der Waals surface area contributed by atoms with Gasteiger partial charge in [-0.2, -0.15) is 23.1 Å². The molecular formula is C15H11ClF3N5O2. The van der Waals surface area contributed by atoms with E-state index in [1.54, 1.807) is 6.07 Å². The average molecular weight is 386 g/mol. The van der Waals surface area contributed by atoms with Crippen LogP contribution in [0.1, 0.15) is 26.5 Å². The Labute approximate surface area is 150 Å². The molecule has 136 valence electrons. The quantitative estimate of drug-likeness (QED) is 0.722. The van der Waals surface area contributed by atoms with Gasteiger partial charge >= 0.3 is 6.18 Å². The highest BCUT2D eigenvalue weighted by Crippen LogP contribution is 2.34. The lowest BCUT2D eigenvalue weighted by Gasteiger charge is -2.11. The number of alkyl halides is 3. The maximum Gasteiger partial charge on any atom is 0.435 e. The van der Waals surface area contributed by atoms with Gasteiger partial charge in [-0.1, -0.05) is 6.07 Å². The van der Waals surface area contributed by atoms with Crippen LogP contribution < -0.4 is 11.2 Å².